The van der Waals surface area contributed by atoms with Crippen molar-refractivity contribution in [3.63, 3.8) is 0 Å². The number of hydrogen-bond acceptors (Lipinski definition) is 4. The average molecular weight is 359 g/mol. The molecule has 1 aliphatic heterocycles. The summed E-state index contributed by atoms with van der Waals surface area (Å²) in [7, 11) is 1.65. The van der Waals surface area contributed by atoms with Crippen LogP contribution in [-0.2, 0) is 13.0 Å². The van der Waals surface area contributed by atoms with Crippen LogP contribution in [0.1, 0.15) is 21.5 Å². The molecule has 0 atom stereocenters. The second-order valence-electron chi connectivity index (χ2n) is 6.47. The third-order valence-corrected chi connectivity index (χ3v) is 4.77. The van der Waals surface area contributed by atoms with Crippen LogP contribution in [0.5, 0.6) is 5.75 Å². The van der Waals surface area contributed by atoms with Gasteiger partial charge in [-0.05, 0) is 47.9 Å². The van der Waals surface area contributed by atoms with Gasteiger partial charge in [-0.2, -0.15) is 0 Å². The number of methoxy groups -OCH3 is 1. The molecule has 0 bridgehead atoms. The summed E-state index contributed by atoms with van der Waals surface area (Å²) in [6.45, 7) is 1.34. The summed E-state index contributed by atoms with van der Waals surface area (Å²) in [5.41, 5.74) is 3.98. The number of aromatic nitrogens is 1. The van der Waals surface area contributed by atoms with Gasteiger partial charge in [0.25, 0.3) is 5.91 Å². The number of anilines is 2. The minimum Gasteiger partial charge on any atom is -0.497 e. The first kappa shape index (κ1) is 17.1. The smallest absolute Gasteiger partial charge is 0.258 e. The topological polar surface area (TPSA) is 54.5 Å². The summed E-state index contributed by atoms with van der Waals surface area (Å²) in [5.74, 6) is 1.52. The highest BCUT2D eigenvalue weighted by Gasteiger charge is 2.25. The van der Waals surface area contributed by atoms with Crippen molar-refractivity contribution in [3.8, 4) is 5.75 Å². The Balaban J connectivity index is 1.46. The van der Waals surface area contributed by atoms with Gasteiger partial charge in [0.05, 0.1) is 7.11 Å². The molecular weight excluding hydrogens is 338 g/mol. The molecule has 0 fully saturated rings. The number of amides is 1. The van der Waals surface area contributed by atoms with Crippen LogP contribution in [0.4, 0.5) is 11.5 Å². The highest BCUT2D eigenvalue weighted by molar-refractivity contribution is 6.07. The third-order valence-electron chi connectivity index (χ3n) is 4.77. The zero-order valence-corrected chi connectivity index (χ0v) is 15.2. The van der Waals surface area contributed by atoms with Gasteiger partial charge in [-0.25, -0.2) is 4.98 Å². The van der Waals surface area contributed by atoms with E-state index in [2.05, 4.69) is 16.4 Å². The normalized spacial score (nSPS) is 12.6. The van der Waals surface area contributed by atoms with Gasteiger partial charge in [0, 0.05) is 30.5 Å². The van der Waals surface area contributed by atoms with E-state index in [1.165, 1.54) is 5.56 Å². The zero-order valence-electron chi connectivity index (χ0n) is 15.2. The predicted octanol–water partition coefficient (Wildman–Crippen LogP) is 3.91. The van der Waals surface area contributed by atoms with E-state index in [1.54, 1.807) is 19.4 Å². The van der Waals surface area contributed by atoms with Crippen LogP contribution in [0, 0.1) is 0 Å². The standard InChI is InChI=1S/C22H21N3O2/c1-27-19-8-6-16(7-9-19)15-24-21-14-18(10-12-23-21)22(26)25-13-11-17-4-2-3-5-20(17)25/h2-10,12,14H,11,13,15H2,1H3,(H,23,24). The number of rotatable bonds is 5. The van der Waals surface area contributed by atoms with Crippen LogP contribution in [-0.4, -0.2) is 24.5 Å². The first-order valence-corrected chi connectivity index (χ1v) is 8.97. The number of fused-ring (bicyclic) bond motifs is 1. The molecule has 1 amide bonds. The summed E-state index contributed by atoms with van der Waals surface area (Å²) in [6.07, 6.45) is 2.57. The molecule has 0 unspecified atom stereocenters. The lowest BCUT2D eigenvalue weighted by atomic mass is 10.1. The molecule has 136 valence electrons. The molecule has 5 nitrogen and oxygen atoms in total. The fourth-order valence-electron chi connectivity index (χ4n) is 3.30. The van der Waals surface area contributed by atoms with E-state index in [9.17, 15) is 4.79 Å². The van der Waals surface area contributed by atoms with Crippen molar-refractivity contribution in [2.24, 2.45) is 0 Å². The fraction of sp³-hybridized carbons (Fsp3) is 0.182. The number of hydrogen-bond donors (Lipinski definition) is 1. The van der Waals surface area contributed by atoms with Gasteiger partial charge in [0.2, 0.25) is 0 Å². The molecule has 0 saturated heterocycles. The molecule has 0 radical (unpaired) electrons. The van der Waals surface area contributed by atoms with Gasteiger partial charge in [-0.1, -0.05) is 30.3 Å². The summed E-state index contributed by atoms with van der Waals surface area (Å²) >= 11 is 0. The average Bonchev–Trinajstić information content (AvgIpc) is 3.16. The van der Waals surface area contributed by atoms with Gasteiger partial charge >= 0.3 is 0 Å². The van der Waals surface area contributed by atoms with Crippen molar-refractivity contribution in [1.82, 2.24) is 4.98 Å². The van der Waals surface area contributed by atoms with Crippen LogP contribution in [0.25, 0.3) is 0 Å². The molecule has 0 spiro atoms. The number of nitrogens with zero attached hydrogens (tertiary/aromatic N) is 2. The van der Waals surface area contributed by atoms with E-state index in [1.807, 2.05) is 53.4 Å². The third kappa shape index (κ3) is 3.62. The van der Waals surface area contributed by atoms with Crippen molar-refractivity contribution in [2.45, 2.75) is 13.0 Å². The van der Waals surface area contributed by atoms with Crippen molar-refractivity contribution >= 4 is 17.4 Å². The number of carbonyl (C=O) groups excluding carboxylic acids is 1. The molecule has 27 heavy (non-hydrogen) atoms. The maximum absolute atomic E-state index is 13.0. The lowest BCUT2D eigenvalue weighted by molar-refractivity contribution is 0.0989. The van der Waals surface area contributed by atoms with E-state index < -0.39 is 0 Å². The highest BCUT2D eigenvalue weighted by atomic mass is 16.5. The monoisotopic (exact) mass is 359 g/mol. The zero-order chi connectivity index (χ0) is 18.6. The molecule has 0 saturated carbocycles. The van der Waals surface area contributed by atoms with Gasteiger partial charge in [-0.3, -0.25) is 4.79 Å². The van der Waals surface area contributed by atoms with Gasteiger partial charge in [-0.15, -0.1) is 0 Å². The molecule has 2 aromatic carbocycles. The van der Waals surface area contributed by atoms with Gasteiger partial charge < -0.3 is 15.0 Å². The molecule has 4 rings (SSSR count). The Labute approximate surface area is 158 Å². The largest absolute Gasteiger partial charge is 0.497 e. The Bertz CT molecular complexity index is 954. The fourth-order valence-corrected chi connectivity index (χ4v) is 3.30. The molecule has 5 heteroatoms. The summed E-state index contributed by atoms with van der Waals surface area (Å²) < 4.78 is 5.17. The maximum atomic E-state index is 13.0. The Morgan fingerprint density at radius 1 is 1.15 bits per heavy atom. The Hall–Kier alpha value is -3.34. The van der Waals surface area contributed by atoms with Crippen molar-refractivity contribution in [3.05, 3.63) is 83.6 Å². The molecule has 0 aliphatic carbocycles. The summed E-state index contributed by atoms with van der Waals surface area (Å²) in [5, 5.41) is 3.28. The minimum absolute atomic E-state index is 0.00912. The molecule has 1 N–H and O–H groups in total. The molecule has 3 aromatic rings. The lowest BCUT2D eigenvalue weighted by Crippen LogP contribution is -2.28. The number of ether oxygens (including phenoxy) is 1. The number of benzene rings is 2. The maximum Gasteiger partial charge on any atom is 0.258 e. The van der Waals surface area contributed by atoms with E-state index in [0.29, 0.717) is 17.9 Å². The minimum atomic E-state index is 0.00912. The van der Waals surface area contributed by atoms with Gasteiger partial charge in [0.1, 0.15) is 11.6 Å². The van der Waals surface area contributed by atoms with E-state index in [0.717, 1.165) is 30.0 Å². The highest BCUT2D eigenvalue weighted by Crippen LogP contribution is 2.29. The van der Waals surface area contributed by atoms with Crippen LogP contribution < -0.4 is 15.0 Å². The van der Waals surface area contributed by atoms with Crippen molar-refractivity contribution in [2.75, 3.05) is 23.9 Å². The second-order valence-corrected chi connectivity index (χ2v) is 6.47. The molecule has 2 heterocycles. The van der Waals surface area contributed by atoms with E-state index in [4.69, 9.17) is 4.74 Å². The van der Waals surface area contributed by atoms with Crippen LogP contribution in [0.3, 0.4) is 0 Å². The second kappa shape index (κ2) is 7.50. The van der Waals surface area contributed by atoms with Gasteiger partial charge in [0.15, 0.2) is 0 Å². The number of carbonyl (C=O) groups is 1. The van der Waals surface area contributed by atoms with Crippen molar-refractivity contribution in [1.29, 1.82) is 0 Å². The Kier molecular flexibility index (Phi) is 4.75. The van der Waals surface area contributed by atoms with E-state index >= 15 is 0 Å². The molecular formula is C22H21N3O2. The van der Waals surface area contributed by atoms with Crippen LogP contribution >= 0.6 is 0 Å². The first-order chi connectivity index (χ1) is 13.2. The van der Waals surface area contributed by atoms with E-state index in [-0.39, 0.29) is 5.91 Å². The summed E-state index contributed by atoms with van der Waals surface area (Å²) in [4.78, 5) is 19.1. The molecule has 1 aliphatic rings. The number of nitrogens with one attached hydrogen (secondary N) is 1. The quantitative estimate of drug-likeness (QED) is 0.751. The first-order valence-electron chi connectivity index (χ1n) is 8.97. The van der Waals surface area contributed by atoms with Crippen molar-refractivity contribution < 1.29 is 9.53 Å². The van der Waals surface area contributed by atoms with Crippen LogP contribution in [0.15, 0.2) is 66.9 Å². The Morgan fingerprint density at radius 2 is 1.96 bits per heavy atom. The number of para-hydroxylation sites is 1. The molecule has 1 aromatic heterocycles. The van der Waals surface area contributed by atoms with Crippen LogP contribution in [0.2, 0.25) is 0 Å². The Morgan fingerprint density at radius 3 is 2.78 bits per heavy atom. The number of pyridine rings is 1. The summed E-state index contributed by atoms with van der Waals surface area (Å²) in [6, 6.07) is 19.5. The SMILES string of the molecule is COc1ccc(CNc2cc(C(=O)N3CCc4ccccc43)ccn2)cc1. The lowest BCUT2D eigenvalue weighted by Gasteiger charge is -2.17. The predicted molar refractivity (Wildman–Crippen MR) is 106 cm³/mol.